The number of rotatable bonds is 3. The van der Waals surface area contributed by atoms with E-state index in [4.69, 9.17) is 16.3 Å². The second-order valence-corrected chi connectivity index (χ2v) is 5.86. The van der Waals surface area contributed by atoms with Crippen LogP contribution in [0.5, 0.6) is 5.88 Å². The molecule has 3 unspecified atom stereocenters. The predicted octanol–water partition coefficient (Wildman–Crippen LogP) is 4.33. The molecular formula is C15H22ClNO. The van der Waals surface area contributed by atoms with Crippen molar-refractivity contribution >= 4 is 11.6 Å². The van der Waals surface area contributed by atoms with Crippen LogP contribution in [0.4, 0.5) is 0 Å². The molecule has 100 valence electrons. The van der Waals surface area contributed by atoms with Crippen LogP contribution in [0, 0.1) is 18.8 Å². The zero-order valence-corrected chi connectivity index (χ0v) is 12.2. The largest absolute Gasteiger partial charge is 0.474 e. The van der Waals surface area contributed by atoms with Crippen LogP contribution < -0.4 is 4.74 Å². The third-order valence-corrected chi connectivity index (χ3v) is 4.29. The van der Waals surface area contributed by atoms with Crippen LogP contribution in [-0.2, 0) is 5.88 Å². The lowest BCUT2D eigenvalue weighted by Crippen LogP contribution is -2.29. The third-order valence-electron chi connectivity index (χ3n) is 3.98. The monoisotopic (exact) mass is 267 g/mol. The molecule has 3 atom stereocenters. The van der Waals surface area contributed by atoms with Gasteiger partial charge in [-0.25, -0.2) is 4.98 Å². The molecular weight excluding hydrogens is 246 g/mol. The minimum absolute atomic E-state index is 0.314. The molecule has 1 aliphatic rings. The second-order valence-electron chi connectivity index (χ2n) is 5.60. The summed E-state index contributed by atoms with van der Waals surface area (Å²) in [5, 5.41) is 0. The highest BCUT2D eigenvalue weighted by Gasteiger charge is 2.26. The highest BCUT2D eigenvalue weighted by atomic mass is 35.5. The van der Waals surface area contributed by atoms with Gasteiger partial charge in [0.2, 0.25) is 5.88 Å². The van der Waals surface area contributed by atoms with Crippen molar-refractivity contribution in [3.8, 4) is 5.88 Å². The Morgan fingerprint density at radius 2 is 2.06 bits per heavy atom. The molecule has 0 aromatic carbocycles. The van der Waals surface area contributed by atoms with Crippen molar-refractivity contribution in [2.24, 2.45) is 11.8 Å². The van der Waals surface area contributed by atoms with Gasteiger partial charge >= 0.3 is 0 Å². The molecule has 0 saturated heterocycles. The van der Waals surface area contributed by atoms with Crippen molar-refractivity contribution in [3.63, 3.8) is 0 Å². The number of nitrogens with zero attached hydrogens (tertiary/aromatic N) is 1. The van der Waals surface area contributed by atoms with Crippen LogP contribution >= 0.6 is 11.6 Å². The molecule has 0 spiro atoms. The van der Waals surface area contributed by atoms with Crippen LogP contribution in [0.3, 0.4) is 0 Å². The van der Waals surface area contributed by atoms with Crippen molar-refractivity contribution in [1.29, 1.82) is 0 Å². The van der Waals surface area contributed by atoms with Gasteiger partial charge in [0.1, 0.15) is 6.10 Å². The van der Waals surface area contributed by atoms with Crippen molar-refractivity contribution in [2.45, 2.75) is 52.0 Å². The van der Waals surface area contributed by atoms with Crippen molar-refractivity contribution in [1.82, 2.24) is 4.98 Å². The summed E-state index contributed by atoms with van der Waals surface area (Å²) in [6, 6.07) is 3.97. The summed E-state index contributed by atoms with van der Waals surface area (Å²) < 4.78 is 6.03. The minimum atomic E-state index is 0.314. The fraction of sp³-hybridized carbons (Fsp3) is 0.667. The maximum atomic E-state index is 6.03. The van der Waals surface area contributed by atoms with E-state index in [0.29, 0.717) is 12.0 Å². The summed E-state index contributed by atoms with van der Waals surface area (Å²) in [5.74, 6) is 2.80. The normalized spacial score (nSPS) is 28.1. The van der Waals surface area contributed by atoms with Gasteiger partial charge in [-0.05, 0) is 49.7 Å². The Labute approximate surface area is 115 Å². The molecule has 1 aromatic heterocycles. The second kappa shape index (κ2) is 5.92. The van der Waals surface area contributed by atoms with Gasteiger partial charge in [0.05, 0.1) is 0 Å². The summed E-state index contributed by atoms with van der Waals surface area (Å²) in [5.41, 5.74) is 2.05. The van der Waals surface area contributed by atoms with Crippen LogP contribution in [0.15, 0.2) is 12.1 Å². The third kappa shape index (κ3) is 3.38. The Morgan fingerprint density at radius 1 is 1.28 bits per heavy atom. The van der Waals surface area contributed by atoms with E-state index < -0.39 is 0 Å². The van der Waals surface area contributed by atoms with Gasteiger partial charge in [0, 0.05) is 17.6 Å². The van der Waals surface area contributed by atoms with Gasteiger partial charge in [0.15, 0.2) is 0 Å². The lowest BCUT2D eigenvalue weighted by Gasteiger charge is -2.32. The zero-order valence-electron chi connectivity index (χ0n) is 11.4. The summed E-state index contributed by atoms with van der Waals surface area (Å²) >= 11 is 5.87. The van der Waals surface area contributed by atoms with Gasteiger partial charge in [0.25, 0.3) is 0 Å². The average Bonchev–Trinajstić information content (AvgIpc) is 2.33. The topological polar surface area (TPSA) is 22.1 Å². The smallest absolute Gasteiger partial charge is 0.214 e. The molecule has 0 N–H and O–H groups in total. The molecule has 1 heterocycles. The molecule has 1 saturated carbocycles. The number of hydrogen-bond acceptors (Lipinski definition) is 2. The quantitative estimate of drug-likeness (QED) is 0.761. The first-order chi connectivity index (χ1) is 8.58. The van der Waals surface area contributed by atoms with E-state index in [9.17, 15) is 0 Å². The van der Waals surface area contributed by atoms with E-state index in [1.165, 1.54) is 6.42 Å². The number of ether oxygens (including phenoxy) is 1. The van der Waals surface area contributed by atoms with Crippen LogP contribution in [0.2, 0.25) is 0 Å². The van der Waals surface area contributed by atoms with E-state index in [0.717, 1.165) is 41.8 Å². The van der Waals surface area contributed by atoms with Gasteiger partial charge < -0.3 is 4.74 Å². The Balaban J connectivity index is 2.03. The van der Waals surface area contributed by atoms with Gasteiger partial charge in [-0.2, -0.15) is 0 Å². The highest BCUT2D eigenvalue weighted by molar-refractivity contribution is 6.17. The summed E-state index contributed by atoms with van der Waals surface area (Å²) in [4.78, 5) is 4.44. The van der Waals surface area contributed by atoms with Crippen LogP contribution in [0.25, 0.3) is 0 Å². The molecule has 1 fully saturated rings. The standard InChI is InChI=1S/C15H22ClNO/c1-10-4-5-14(6-11(10)2)18-15-8-13(9-16)7-12(3)17-15/h7-8,10-11,14H,4-6,9H2,1-3H3. The maximum Gasteiger partial charge on any atom is 0.214 e. The Hall–Kier alpha value is -0.760. The Morgan fingerprint density at radius 3 is 2.72 bits per heavy atom. The summed E-state index contributed by atoms with van der Waals surface area (Å²) in [7, 11) is 0. The van der Waals surface area contributed by atoms with Crippen molar-refractivity contribution < 1.29 is 4.74 Å². The van der Waals surface area contributed by atoms with E-state index in [1.807, 2.05) is 19.1 Å². The molecule has 1 aromatic rings. The fourth-order valence-electron chi connectivity index (χ4n) is 2.62. The lowest BCUT2D eigenvalue weighted by molar-refractivity contribution is 0.0963. The van der Waals surface area contributed by atoms with Crippen molar-refractivity contribution in [2.75, 3.05) is 0 Å². The molecule has 1 aliphatic carbocycles. The van der Waals surface area contributed by atoms with E-state index in [1.54, 1.807) is 0 Å². The first-order valence-electron chi connectivity index (χ1n) is 6.78. The van der Waals surface area contributed by atoms with E-state index in [-0.39, 0.29) is 0 Å². The first-order valence-corrected chi connectivity index (χ1v) is 7.32. The lowest BCUT2D eigenvalue weighted by atomic mass is 9.80. The Kier molecular flexibility index (Phi) is 4.50. The van der Waals surface area contributed by atoms with Gasteiger partial charge in [-0.1, -0.05) is 13.8 Å². The van der Waals surface area contributed by atoms with E-state index >= 15 is 0 Å². The number of alkyl halides is 1. The molecule has 0 amide bonds. The number of aromatic nitrogens is 1. The highest BCUT2D eigenvalue weighted by Crippen LogP contribution is 2.31. The molecule has 18 heavy (non-hydrogen) atoms. The maximum absolute atomic E-state index is 6.03. The SMILES string of the molecule is Cc1cc(CCl)cc(OC2CCC(C)C(C)C2)n1. The van der Waals surface area contributed by atoms with Gasteiger partial charge in [-0.3, -0.25) is 0 Å². The molecule has 0 radical (unpaired) electrons. The summed E-state index contributed by atoms with van der Waals surface area (Å²) in [6.07, 6.45) is 3.83. The number of pyridine rings is 1. The zero-order chi connectivity index (χ0) is 13.1. The van der Waals surface area contributed by atoms with Gasteiger partial charge in [-0.15, -0.1) is 11.6 Å². The van der Waals surface area contributed by atoms with Crippen LogP contribution in [-0.4, -0.2) is 11.1 Å². The number of aryl methyl sites for hydroxylation is 1. The molecule has 2 rings (SSSR count). The number of hydrogen-bond donors (Lipinski definition) is 0. The fourth-order valence-corrected chi connectivity index (χ4v) is 2.77. The van der Waals surface area contributed by atoms with E-state index in [2.05, 4.69) is 18.8 Å². The minimum Gasteiger partial charge on any atom is -0.474 e. The molecule has 2 nitrogen and oxygen atoms in total. The Bertz CT molecular complexity index is 407. The average molecular weight is 268 g/mol. The predicted molar refractivity (Wildman–Crippen MR) is 75.1 cm³/mol. The van der Waals surface area contributed by atoms with Crippen molar-refractivity contribution in [3.05, 3.63) is 23.4 Å². The molecule has 0 bridgehead atoms. The molecule has 3 heteroatoms. The first kappa shape index (κ1) is 13.7. The molecule has 0 aliphatic heterocycles. The van der Waals surface area contributed by atoms with Crippen LogP contribution in [0.1, 0.15) is 44.4 Å². The summed E-state index contributed by atoms with van der Waals surface area (Å²) in [6.45, 7) is 6.62. The number of halogens is 1.